The first-order valence-electron chi connectivity index (χ1n) is 9.57. The summed E-state index contributed by atoms with van der Waals surface area (Å²) >= 11 is 0. The lowest BCUT2D eigenvalue weighted by molar-refractivity contribution is 0.0691. The first kappa shape index (κ1) is 18.7. The number of ether oxygens (including phenoxy) is 1. The van der Waals surface area contributed by atoms with Gasteiger partial charge in [0.2, 0.25) is 0 Å². The van der Waals surface area contributed by atoms with Crippen LogP contribution in [0.1, 0.15) is 16.2 Å². The van der Waals surface area contributed by atoms with Crippen LogP contribution in [0.4, 0.5) is 4.39 Å². The first-order valence-corrected chi connectivity index (χ1v) is 9.57. The number of carboxylic acid groups (broad SMARTS) is 1. The molecule has 0 aliphatic rings. The molecule has 5 aromatic rings. The van der Waals surface area contributed by atoms with Crippen LogP contribution in [0.2, 0.25) is 0 Å². The van der Waals surface area contributed by atoms with Crippen LogP contribution in [-0.2, 0) is 6.61 Å². The van der Waals surface area contributed by atoms with Crippen LogP contribution < -0.4 is 4.74 Å². The van der Waals surface area contributed by atoms with Gasteiger partial charge >= 0.3 is 5.97 Å². The average Bonchev–Trinajstić information content (AvgIpc) is 3.15. The van der Waals surface area contributed by atoms with Crippen molar-refractivity contribution in [2.24, 2.45) is 0 Å². The van der Waals surface area contributed by atoms with Crippen LogP contribution in [0.15, 0.2) is 72.9 Å². The Morgan fingerprint density at radius 3 is 2.61 bits per heavy atom. The number of pyridine rings is 2. The summed E-state index contributed by atoms with van der Waals surface area (Å²) in [7, 11) is 0. The number of hydrogen-bond donors (Lipinski definition) is 2. The van der Waals surface area contributed by atoms with Gasteiger partial charge in [-0.1, -0.05) is 6.07 Å². The second-order valence-electron chi connectivity index (χ2n) is 7.03. The summed E-state index contributed by atoms with van der Waals surface area (Å²) in [4.78, 5) is 23.4. The Morgan fingerprint density at radius 2 is 1.87 bits per heavy atom. The second-order valence-corrected chi connectivity index (χ2v) is 7.03. The molecule has 0 aliphatic carbocycles. The van der Waals surface area contributed by atoms with Crippen LogP contribution in [-0.4, -0.2) is 26.0 Å². The van der Waals surface area contributed by atoms with Gasteiger partial charge in [0.1, 0.15) is 23.9 Å². The third-order valence-electron chi connectivity index (χ3n) is 5.01. The molecule has 2 N–H and O–H groups in total. The molecule has 5 rings (SSSR count). The summed E-state index contributed by atoms with van der Waals surface area (Å²) in [5, 5.41) is 10.9. The Kier molecular flexibility index (Phi) is 4.55. The number of hydrogen-bond acceptors (Lipinski definition) is 4. The third-order valence-corrected chi connectivity index (χ3v) is 5.01. The van der Waals surface area contributed by atoms with E-state index in [1.165, 1.54) is 18.2 Å². The number of H-pyrrole nitrogens is 1. The summed E-state index contributed by atoms with van der Waals surface area (Å²) in [6.45, 7) is 0.338. The van der Waals surface area contributed by atoms with Crippen molar-refractivity contribution in [3.05, 3.63) is 90.1 Å². The predicted molar refractivity (Wildman–Crippen MR) is 115 cm³/mol. The molecule has 0 fully saturated rings. The fourth-order valence-electron chi connectivity index (χ4n) is 3.54. The standard InChI is InChI=1S/C24H16FN3O3/c25-15-6-9-18-19-12-21(24(29)30)28-22(23(19)27-20(18)11-15)14-4-7-17(8-5-14)31-13-16-3-1-2-10-26-16/h1-12,27H,13H2,(H,29,30). The van der Waals surface area contributed by atoms with Gasteiger partial charge in [-0.05, 0) is 60.7 Å². The molecular weight excluding hydrogens is 397 g/mol. The van der Waals surface area contributed by atoms with Gasteiger partial charge in [-0.15, -0.1) is 0 Å². The van der Waals surface area contributed by atoms with E-state index in [0.29, 0.717) is 40.0 Å². The van der Waals surface area contributed by atoms with E-state index in [1.54, 1.807) is 24.4 Å². The van der Waals surface area contributed by atoms with Crippen molar-refractivity contribution in [2.45, 2.75) is 6.61 Å². The number of fused-ring (bicyclic) bond motifs is 3. The zero-order valence-electron chi connectivity index (χ0n) is 16.2. The van der Waals surface area contributed by atoms with Crippen molar-refractivity contribution < 1.29 is 19.0 Å². The fraction of sp³-hybridized carbons (Fsp3) is 0.0417. The molecule has 0 amide bonds. The molecule has 3 heterocycles. The molecule has 2 aromatic carbocycles. The highest BCUT2D eigenvalue weighted by atomic mass is 19.1. The van der Waals surface area contributed by atoms with Crippen LogP contribution in [0.5, 0.6) is 5.75 Å². The Balaban J connectivity index is 1.55. The SMILES string of the molecule is O=C(O)c1cc2c([nH]c3cc(F)ccc32)c(-c2ccc(OCc3ccccn3)cc2)n1. The lowest BCUT2D eigenvalue weighted by Crippen LogP contribution is -2.02. The van der Waals surface area contributed by atoms with Crippen LogP contribution in [0, 0.1) is 5.82 Å². The summed E-state index contributed by atoms with van der Waals surface area (Å²) in [6, 6.07) is 18.7. The summed E-state index contributed by atoms with van der Waals surface area (Å²) < 4.78 is 19.5. The maximum atomic E-state index is 13.7. The molecule has 0 saturated heterocycles. The summed E-state index contributed by atoms with van der Waals surface area (Å²) in [5.74, 6) is -0.852. The lowest BCUT2D eigenvalue weighted by Gasteiger charge is -2.08. The topological polar surface area (TPSA) is 88.1 Å². The Morgan fingerprint density at radius 1 is 1.03 bits per heavy atom. The predicted octanol–water partition coefficient (Wildman–Crippen LogP) is 5.19. The number of nitrogens with zero attached hydrogens (tertiary/aromatic N) is 2. The van der Waals surface area contributed by atoms with Crippen molar-refractivity contribution in [1.82, 2.24) is 15.0 Å². The molecule has 6 nitrogen and oxygen atoms in total. The van der Waals surface area contributed by atoms with Crippen molar-refractivity contribution in [1.29, 1.82) is 0 Å². The number of aromatic nitrogens is 3. The minimum atomic E-state index is -1.13. The molecular formula is C24H16FN3O3. The molecule has 0 spiro atoms. The van der Waals surface area contributed by atoms with Crippen molar-refractivity contribution >= 4 is 27.8 Å². The monoisotopic (exact) mass is 413 g/mol. The molecule has 31 heavy (non-hydrogen) atoms. The largest absolute Gasteiger partial charge is 0.487 e. The first-order chi connectivity index (χ1) is 15.1. The number of aromatic amines is 1. The van der Waals surface area contributed by atoms with Gasteiger partial charge in [-0.25, -0.2) is 14.2 Å². The van der Waals surface area contributed by atoms with Gasteiger partial charge in [-0.3, -0.25) is 4.98 Å². The van der Waals surface area contributed by atoms with Crippen molar-refractivity contribution in [3.63, 3.8) is 0 Å². The van der Waals surface area contributed by atoms with Crippen LogP contribution in [0.25, 0.3) is 33.1 Å². The van der Waals surface area contributed by atoms with E-state index in [-0.39, 0.29) is 11.5 Å². The van der Waals surface area contributed by atoms with Crippen molar-refractivity contribution in [3.8, 4) is 17.0 Å². The van der Waals surface area contributed by atoms with E-state index in [9.17, 15) is 14.3 Å². The molecule has 0 aliphatic heterocycles. The highest BCUT2D eigenvalue weighted by Crippen LogP contribution is 2.33. The van der Waals surface area contributed by atoms with E-state index < -0.39 is 5.97 Å². The molecule has 0 saturated carbocycles. The van der Waals surface area contributed by atoms with Gasteiger partial charge in [0, 0.05) is 28.0 Å². The molecule has 3 aromatic heterocycles. The number of carboxylic acids is 1. The van der Waals surface area contributed by atoms with Crippen LogP contribution in [0.3, 0.4) is 0 Å². The minimum absolute atomic E-state index is 0.0804. The Bertz CT molecular complexity index is 1410. The molecule has 0 bridgehead atoms. The number of benzene rings is 2. The molecule has 152 valence electrons. The number of aromatic carboxylic acids is 1. The van der Waals surface area contributed by atoms with E-state index in [4.69, 9.17) is 4.74 Å². The van der Waals surface area contributed by atoms with Gasteiger partial charge in [-0.2, -0.15) is 0 Å². The van der Waals surface area contributed by atoms with Gasteiger partial charge in [0.25, 0.3) is 0 Å². The molecule has 0 atom stereocenters. The Labute approximate surface area is 176 Å². The molecule has 0 radical (unpaired) electrons. The second kappa shape index (κ2) is 7.53. The number of halogens is 1. The minimum Gasteiger partial charge on any atom is -0.487 e. The normalized spacial score (nSPS) is 11.1. The zero-order valence-corrected chi connectivity index (χ0v) is 16.2. The highest BCUT2D eigenvalue weighted by molar-refractivity contribution is 6.12. The van der Waals surface area contributed by atoms with Gasteiger partial charge in [0.05, 0.1) is 16.9 Å². The zero-order chi connectivity index (χ0) is 21.4. The summed E-state index contributed by atoms with van der Waals surface area (Å²) in [6.07, 6.45) is 1.71. The summed E-state index contributed by atoms with van der Waals surface area (Å²) in [5.41, 5.74) is 3.15. The van der Waals surface area contributed by atoms with Crippen LogP contribution >= 0.6 is 0 Å². The van der Waals surface area contributed by atoms with Gasteiger partial charge < -0.3 is 14.8 Å². The maximum Gasteiger partial charge on any atom is 0.354 e. The van der Waals surface area contributed by atoms with E-state index >= 15 is 0 Å². The molecule has 7 heteroatoms. The van der Waals surface area contributed by atoms with Gasteiger partial charge in [0.15, 0.2) is 0 Å². The highest BCUT2D eigenvalue weighted by Gasteiger charge is 2.17. The maximum absolute atomic E-state index is 13.7. The number of nitrogens with one attached hydrogen (secondary N) is 1. The van der Waals surface area contributed by atoms with E-state index in [1.807, 2.05) is 30.3 Å². The molecule has 0 unspecified atom stereocenters. The Hall–Kier alpha value is -4.26. The number of rotatable bonds is 5. The quantitative estimate of drug-likeness (QED) is 0.414. The average molecular weight is 413 g/mol. The van der Waals surface area contributed by atoms with E-state index in [2.05, 4.69) is 15.0 Å². The van der Waals surface area contributed by atoms with E-state index in [0.717, 1.165) is 11.1 Å². The van der Waals surface area contributed by atoms with Crippen molar-refractivity contribution in [2.75, 3.05) is 0 Å². The smallest absolute Gasteiger partial charge is 0.354 e. The third kappa shape index (κ3) is 3.57. The fourth-order valence-corrected chi connectivity index (χ4v) is 3.54. The number of carbonyl (C=O) groups is 1. The lowest BCUT2D eigenvalue weighted by atomic mass is 10.1.